The van der Waals surface area contributed by atoms with Gasteiger partial charge < -0.3 is 5.32 Å². The lowest BCUT2D eigenvalue weighted by molar-refractivity contribution is -0.113. The zero-order valence-corrected chi connectivity index (χ0v) is 16.1. The van der Waals surface area contributed by atoms with Gasteiger partial charge in [-0.25, -0.2) is 4.98 Å². The lowest BCUT2D eigenvalue weighted by Crippen LogP contribution is -2.15. The molecule has 0 aliphatic rings. The number of nitrogens with one attached hydrogen (secondary N) is 2. The number of benzene rings is 2. The Bertz CT molecular complexity index is 908. The first-order chi connectivity index (χ1) is 12.6. The minimum absolute atomic E-state index is 0.126. The van der Waals surface area contributed by atoms with E-state index in [0.29, 0.717) is 16.0 Å². The van der Waals surface area contributed by atoms with Gasteiger partial charge in [0, 0.05) is 16.3 Å². The summed E-state index contributed by atoms with van der Waals surface area (Å²) >= 11 is 7.35. The van der Waals surface area contributed by atoms with Crippen molar-refractivity contribution >= 4 is 35.0 Å². The molecule has 1 amide bonds. The number of rotatable bonds is 6. The van der Waals surface area contributed by atoms with Gasteiger partial charge in [0.15, 0.2) is 5.82 Å². The summed E-state index contributed by atoms with van der Waals surface area (Å²) in [6, 6.07) is 13.6. The maximum Gasteiger partial charge on any atom is 0.234 e. The van der Waals surface area contributed by atoms with Crippen molar-refractivity contribution in [2.75, 3.05) is 11.1 Å². The number of carbonyl (C=O) groups excluding carboxylic acids is 1. The number of amides is 1. The average molecular weight is 387 g/mol. The van der Waals surface area contributed by atoms with Crippen molar-refractivity contribution in [3.8, 4) is 11.4 Å². The van der Waals surface area contributed by atoms with Crippen LogP contribution < -0.4 is 5.32 Å². The summed E-state index contributed by atoms with van der Waals surface area (Å²) in [6.45, 7) is 3.99. The van der Waals surface area contributed by atoms with Crippen LogP contribution in [0.3, 0.4) is 0 Å². The Morgan fingerprint density at radius 3 is 2.73 bits per heavy atom. The van der Waals surface area contributed by atoms with Crippen LogP contribution in [0.1, 0.15) is 18.1 Å². The fourth-order valence-electron chi connectivity index (χ4n) is 2.40. The lowest BCUT2D eigenvalue weighted by atomic mass is 10.1. The lowest BCUT2D eigenvalue weighted by Gasteiger charge is -2.08. The molecule has 0 saturated heterocycles. The standard InChI is InChI=1S/C19H19ClN4OS/c1-3-13-7-9-14(10-8-13)18-22-19(24-23-18)26-11-17(25)21-16-6-4-5-15(20)12(16)2/h4-10H,3,11H2,1-2H3,(H,21,25)(H,22,23,24). The van der Waals surface area contributed by atoms with E-state index in [0.717, 1.165) is 23.2 Å². The molecule has 0 bridgehead atoms. The molecule has 2 aromatic carbocycles. The van der Waals surface area contributed by atoms with Crippen LogP contribution in [0.15, 0.2) is 47.6 Å². The van der Waals surface area contributed by atoms with Crippen LogP contribution >= 0.6 is 23.4 Å². The van der Waals surface area contributed by atoms with E-state index < -0.39 is 0 Å². The maximum atomic E-state index is 12.2. The number of thioether (sulfide) groups is 1. The first-order valence-electron chi connectivity index (χ1n) is 8.26. The summed E-state index contributed by atoms with van der Waals surface area (Å²) in [5.74, 6) is 0.790. The van der Waals surface area contributed by atoms with Gasteiger partial charge >= 0.3 is 0 Å². The molecule has 1 aromatic heterocycles. The first kappa shape index (κ1) is 18.5. The highest BCUT2D eigenvalue weighted by molar-refractivity contribution is 7.99. The van der Waals surface area contributed by atoms with Crippen LogP contribution in [0, 0.1) is 6.92 Å². The number of aromatic amines is 1. The molecule has 0 spiro atoms. The van der Waals surface area contributed by atoms with Crippen LogP contribution in [0.5, 0.6) is 0 Å². The second kappa shape index (κ2) is 8.38. The highest BCUT2D eigenvalue weighted by atomic mass is 35.5. The molecular weight excluding hydrogens is 368 g/mol. The van der Waals surface area contributed by atoms with Gasteiger partial charge in [-0.2, -0.15) is 0 Å². The number of hydrogen-bond donors (Lipinski definition) is 2. The summed E-state index contributed by atoms with van der Waals surface area (Å²) < 4.78 is 0. The Kier molecular flexibility index (Phi) is 5.96. The van der Waals surface area contributed by atoms with Crippen molar-refractivity contribution in [2.45, 2.75) is 25.4 Å². The van der Waals surface area contributed by atoms with Gasteiger partial charge in [-0.1, -0.05) is 60.6 Å². The Balaban J connectivity index is 1.59. The van der Waals surface area contributed by atoms with Crippen molar-refractivity contribution in [3.63, 3.8) is 0 Å². The van der Waals surface area contributed by atoms with Gasteiger partial charge in [-0.05, 0) is 36.6 Å². The van der Waals surface area contributed by atoms with Crippen LogP contribution in [-0.4, -0.2) is 26.8 Å². The molecule has 7 heteroatoms. The molecule has 134 valence electrons. The largest absolute Gasteiger partial charge is 0.325 e. The number of nitrogens with zero attached hydrogens (tertiary/aromatic N) is 2. The molecule has 0 radical (unpaired) electrons. The second-order valence-electron chi connectivity index (χ2n) is 5.77. The van der Waals surface area contributed by atoms with E-state index >= 15 is 0 Å². The molecule has 0 atom stereocenters. The molecular formula is C19H19ClN4OS. The Morgan fingerprint density at radius 1 is 1.23 bits per heavy atom. The molecule has 3 rings (SSSR count). The monoisotopic (exact) mass is 386 g/mol. The van der Waals surface area contributed by atoms with Crippen LogP contribution in [0.2, 0.25) is 5.02 Å². The molecule has 5 nitrogen and oxygen atoms in total. The number of halogens is 1. The molecule has 26 heavy (non-hydrogen) atoms. The normalized spacial score (nSPS) is 10.7. The highest BCUT2D eigenvalue weighted by Crippen LogP contribution is 2.24. The predicted molar refractivity (Wildman–Crippen MR) is 107 cm³/mol. The number of aromatic nitrogens is 3. The van der Waals surface area contributed by atoms with E-state index in [1.807, 2.05) is 31.2 Å². The van der Waals surface area contributed by atoms with E-state index in [1.165, 1.54) is 17.3 Å². The number of carbonyl (C=O) groups is 1. The van der Waals surface area contributed by atoms with Crippen LogP contribution in [0.4, 0.5) is 5.69 Å². The summed E-state index contributed by atoms with van der Waals surface area (Å²) in [7, 11) is 0. The van der Waals surface area contributed by atoms with E-state index in [2.05, 4.69) is 39.6 Å². The molecule has 2 N–H and O–H groups in total. The molecule has 1 heterocycles. The van der Waals surface area contributed by atoms with Crippen molar-refractivity contribution in [2.24, 2.45) is 0 Å². The number of aryl methyl sites for hydroxylation is 1. The molecule has 0 aliphatic carbocycles. The van der Waals surface area contributed by atoms with Gasteiger partial charge in [0.25, 0.3) is 0 Å². The van der Waals surface area contributed by atoms with Crippen molar-refractivity contribution in [1.29, 1.82) is 0 Å². The summed E-state index contributed by atoms with van der Waals surface area (Å²) in [6.07, 6.45) is 0.999. The zero-order valence-electron chi connectivity index (χ0n) is 14.5. The SMILES string of the molecule is CCc1ccc(-c2nc(SCC(=O)Nc3cccc(Cl)c3C)n[nH]2)cc1. The van der Waals surface area contributed by atoms with Gasteiger partial charge in [-0.15, -0.1) is 5.10 Å². The van der Waals surface area contributed by atoms with Crippen molar-refractivity contribution in [3.05, 3.63) is 58.6 Å². The highest BCUT2D eigenvalue weighted by Gasteiger charge is 2.11. The Hall–Kier alpha value is -2.31. The van der Waals surface area contributed by atoms with E-state index in [9.17, 15) is 4.79 Å². The summed E-state index contributed by atoms with van der Waals surface area (Å²) in [4.78, 5) is 16.6. The summed E-state index contributed by atoms with van der Waals surface area (Å²) in [5.41, 5.74) is 3.81. The quantitative estimate of drug-likeness (QED) is 0.601. The van der Waals surface area contributed by atoms with E-state index in [1.54, 1.807) is 6.07 Å². The number of H-pyrrole nitrogens is 1. The van der Waals surface area contributed by atoms with Crippen molar-refractivity contribution < 1.29 is 4.79 Å². The Morgan fingerprint density at radius 2 is 2.00 bits per heavy atom. The minimum atomic E-state index is -0.126. The predicted octanol–water partition coefficient (Wildman–Crippen LogP) is 4.73. The van der Waals surface area contributed by atoms with Crippen LogP contribution in [-0.2, 0) is 11.2 Å². The fourth-order valence-corrected chi connectivity index (χ4v) is 3.17. The molecule has 0 saturated carbocycles. The third-order valence-electron chi connectivity index (χ3n) is 3.97. The van der Waals surface area contributed by atoms with Gasteiger partial charge in [0.1, 0.15) is 0 Å². The zero-order chi connectivity index (χ0) is 18.5. The topological polar surface area (TPSA) is 70.7 Å². The third-order valence-corrected chi connectivity index (χ3v) is 5.23. The Labute approximate surface area is 161 Å². The molecule has 3 aromatic rings. The third kappa shape index (κ3) is 4.45. The fraction of sp³-hybridized carbons (Fsp3) is 0.211. The number of anilines is 1. The maximum absolute atomic E-state index is 12.2. The summed E-state index contributed by atoms with van der Waals surface area (Å²) in [5, 5.41) is 11.1. The molecule has 0 unspecified atom stereocenters. The van der Waals surface area contributed by atoms with E-state index in [4.69, 9.17) is 11.6 Å². The first-order valence-corrected chi connectivity index (χ1v) is 9.62. The average Bonchev–Trinajstić information content (AvgIpc) is 3.13. The smallest absolute Gasteiger partial charge is 0.234 e. The molecule has 0 fully saturated rings. The van der Waals surface area contributed by atoms with Gasteiger partial charge in [-0.3, -0.25) is 9.89 Å². The van der Waals surface area contributed by atoms with Crippen LogP contribution in [0.25, 0.3) is 11.4 Å². The molecule has 0 aliphatic heterocycles. The second-order valence-corrected chi connectivity index (χ2v) is 7.12. The van der Waals surface area contributed by atoms with E-state index in [-0.39, 0.29) is 11.7 Å². The minimum Gasteiger partial charge on any atom is -0.325 e. The van der Waals surface area contributed by atoms with Crippen molar-refractivity contribution in [1.82, 2.24) is 15.2 Å². The number of hydrogen-bond acceptors (Lipinski definition) is 4. The van der Waals surface area contributed by atoms with Gasteiger partial charge in [0.2, 0.25) is 11.1 Å². The van der Waals surface area contributed by atoms with Gasteiger partial charge in [0.05, 0.1) is 5.75 Å².